The summed E-state index contributed by atoms with van der Waals surface area (Å²) in [5.74, 6) is 0.870. The molecule has 0 saturated heterocycles. The Morgan fingerprint density at radius 1 is 0.960 bits per heavy atom. The lowest BCUT2D eigenvalue weighted by Gasteiger charge is -2.10. The highest BCUT2D eigenvalue weighted by molar-refractivity contribution is 6.30. The summed E-state index contributed by atoms with van der Waals surface area (Å²) < 4.78 is 1.86. The number of aryl methyl sites for hydroxylation is 2. The third kappa shape index (κ3) is 2.96. The minimum Gasteiger partial charge on any atom is -0.340 e. The number of anilines is 2. The van der Waals surface area contributed by atoms with Gasteiger partial charge in [0.1, 0.15) is 5.82 Å². The van der Waals surface area contributed by atoms with Gasteiger partial charge >= 0.3 is 0 Å². The van der Waals surface area contributed by atoms with E-state index in [0.717, 1.165) is 39.7 Å². The quantitative estimate of drug-likeness (QED) is 0.538. The number of nitrogens with zero attached hydrogens (tertiary/aromatic N) is 3. The molecule has 1 N–H and O–H groups in total. The molecule has 0 bridgehead atoms. The van der Waals surface area contributed by atoms with Gasteiger partial charge in [0, 0.05) is 28.0 Å². The van der Waals surface area contributed by atoms with E-state index in [1.807, 2.05) is 66.9 Å². The number of fused-ring (bicyclic) bond motifs is 1. The molecule has 5 heteroatoms. The van der Waals surface area contributed by atoms with Crippen LogP contribution in [0, 0.1) is 13.8 Å². The number of rotatable bonds is 3. The molecule has 0 aliphatic rings. The van der Waals surface area contributed by atoms with E-state index in [0.29, 0.717) is 5.02 Å². The van der Waals surface area contributed by atoms with Gasteiger partial charge in [-0.05, 0) is 43.7 Å². The van der Waals surface area contributed by atoms with Crippen molar-refractivity contribution in [2.45, 2.75) is 13.8 Å². The van der Waals surface area contributed by atoms with E-state index in [9.17, 15) is 0 Å². The molecule has 0 saturated carbocycles. The van der Waals surface area contributed by atoms with Gasteiger partial charge in [0.2, 0.25) is 0 Å². The lowest BCUT2D eigenvalue weighted by atomic mass is 10.1. The number of benzene rings is 2. The first-order valence-corrected chi connectivity index (χ1v) is 8.44. The first-order chi connectivity index (χ1) is 12.1. The molecule has 0 aliphatic heterocycles. The van der Waals surface area contributed by atoms with E-state index in [2.05, 4.69) is 17.4 Å². The molecular weight excluding hydrogens is 332 g/mol. The van der Waals surface area contributed by atoms with Crippen LogP contribution >= 0.6 is 11.6 Å². The normalized spacial score (nSPS) is 11.0. The average molecular weight is 349 g/mol. The van der Waals surface area contributed by atoms with Gasteiger partial charge < -0.3 is 5.32 Å². The summed E-state index contributed by atoms with van der Waals surface area (Å²) in [6.07, 6.45) is 0. The Hall–Kier alpha value is -2.85. The maximum atomic E-state index is 5.97. The SMILES string of the molecule is Cc1cc(Nc2ccc(Cl)cc2)n2nc(C)c(-c3ccccc3)c2n1. The van der Waals surface area contributed by atoms with E-state index < -0.39 is 0 Å². The van der Waals surface area contributed by atoms with Crippen LogP contribution in [0.5, 0.6) is 0 Å². The number of nitrogens with one attached hydrogen (secondary N) is 1. The lowest BCUT2D eigenvalue weighted by molar-refractivity contribution is 0.917. The van der Waals surface area contributed by atoms with Gasteiger partial charge in [0.15, 0.2) is 5.65 Å². The standard InChI is InChI=1S/C20H17ClN4/c1-13-12-18(23-17-10-8-16(21)9-11-17)25-20(22-13)19(14(2)24-25)15-6-4-3-5-7-15/h3-12,23H,1-2H3. The van der Waals surface area contributed by atoms with E-state index in [1.165, 1.54) is 0 Å². The zero-order valence-electron chi connectivity index (χ0n) is 14.0. The minimum absolute atomic E-state index is 0.711. The number of aromatic nitrogens is 3. The Balaban J connectivity index is 1.87. The van der Waals surface area contributed by atoms with Crippen molar-refractivity contribution >= 4 is 28.8 Å². The highest BCUT2D eigenvalue weighted by atomic mass is 35.5. The van der Waals surface area contributed by atoms with Crippen LogP contribution in [0.3, 0.4) is 0 Å². The van der Waals surface area contributed by atoms with Crippen LogP contribution in [0.25, 0.3) is 16.8 Å². The molecule has 0 radical (unpaired) electrons. The van der Waals surface area contributed by atoms with Gasteiger partial charge in [-0.2, -0.15) is 9.61 Å². The first-order valence-electron chi connectivity index (χ1n) is 8.07. The highest BCUT2D eigenvalue weighted by Crippen LogP contribution is 2.30. The lowest BCUT2D eigenvalue weighted by Crippen LogP contribution is -2.02. The zero-order chi connectivity index (χ0) is 17.4. The molecular formula is C20H17ClN4. The monoisotopic (exact) mass is 348 g/mol. The summed E-state index contributed by atoms with van der Waals surface area (Å²) in [6.45, 7) is 4.00. The molecule has 0 unspecified atom stereocenters. The maximum absolute atomic E-state index is 5.97. The Bertz CT molecular complexity index is 1040. The fourth-order valence-electron chi connectivity index (χ4n) is 2.96. The molecule has 2 heterocycles. The Kier molecular flexibility index (Phi) is 3.90. The fourth-order valence-corrected chi connectivity index (χ4v) is 3.08. The molecule has 4 rings (SSSR count). The van der Waals surface area contributed by atoms with Gasteiger partial charge in [-0.3, -0.25) is 0 Å². The maximum Gasteiger partial charge on any atom is 0.165 e. The number of hydrogen-bond acceptors (Lipinski definition) is 3. The van der Waals surface area contributed by atoms with Crippen LogP contribution in [-0.4, -0.2) is 14.6 Å². The van der Waals surface area contributed by atoms with E-state index in [4.69, 9.17) is 21.7 Å². The van der Waals surface area contributed by atoms with Crippen molar-refractivity contribution in [2.24, 2.45) is 0 Å². The van der Waals surface area contributed by atoms with Crippen molar-refractivity contribution in [1.82, 2.24) is 14.6 Å². The molecule has 0 atom stereocenters. The molecule has 0 spiro atoms. The van der Waals surface area contributed by atoms with Gasteiger partial charge in [-0.25, -0.2) is 4.98 Å². The first kappa shape index (κ1) is 15.7. The topological polar surface area (TPSA) is 42.2 Å². The number of halogens is 1. The van der Waals surface area contributed by atoms with Crippen molar-refractivity contribution in [3.8, 4) is 11.1 Å². The molecule has 0 fully saturated rings. The predicted molar refractivity (Wildman–Crippen MR) is 103 cm³/mol. The minimum atomic E-state index is 0.711. The van der Waals surface area contributed by atoms with Crippen molar-refractivity contribution in [3.63, 3.8) is 0 Å². The largest absolute Gasteiger partial charge is 0.340 e. The second-order valence-corrected chi connectivity index (χ2v) is 6.41. The Labute approximate surface area is 151 Å². The molecule has 124 valence electrons. The third-order valence-electron chi connectivity index (χ3n) is 4.07. The van der Waals surface area contributed by atoms with Crippen LogP contribution in [-0.2, 0) is 0 Å². The summed E-state index contributed by atoms with van der Waals surface area (Å²) >= 11 is 5.97. The highest BCUT2D eigenvalue weighted by Gasteiger charge is 2.15. The van der Waals surface area contributed by atoms with Crippen molar-refractivity contribution < 1.29 is 0 Å². The van der Waals surface area contributed by atoms with Gasteiger partial charge in [0.25, 0.3) is 0 Å². The summed E-state index contributed by atoms with van der Waals surface area (Å²) in [4.78, 5) is 4.73. The second-order valence-electron chi connectivity index (χ2n) is 5.98. The van der Waals surface area contributed by atoms with Crippen molar-refractivity contribution in [3.05, 3.63) is 77.1 Å². The van der Waals surface area contributed by atoms with Crippen LogP contribution in [0.15, 0.2) is 60.7 Å². The van der Waals surface area contributed by atoms with Crippen LogP contribution in [0.2, 0.25) is 5.02 Å². The van der Waals surface area contributed by atoms with Gasteiger partial charge in [-0.15, -0.1) is 0 Å². The average Bonchev–Trinajstić information content (AvgIpc) is 2.94. The van der Waals surface area contributed by atoms with Crippen LogP contribution in [0.1, 0.15) is 11.4 Å². The van der Waals surface area contributed by atoms with Crippen molar-refractivity contribution in [1.29, 1.82) is 0 Å². The Morgan fingerprint density at radius 2 is 1.68 bits per heavy atom. The molecule has 0 amide bonds. The zero-order valence-corrected chi connectivity index (χ0v) is 14.7. The van der Waals surface area contributed by atoms with Gasteiger partial charge in [0.05, 0.1) is 5.69 Å². The summed E-state index contributed by atoms with van der Waals surface area (Å²) in [5.41, 5.74) is 5.85. The molecule has 4 nitrogen and oxygen atoms in total. The van der Waals surface area contributed by atoms with Crippen LogP contribution < -0.4 is 5.32 Å². The molecule has 2 aromatic heterocycles. The van der Waals surface area contributed by atoms with Crippen molar-refractivity contribution in [2.75, 3.05) is 5.32 Å². The summed E-state index contributed by atoms with van der Waals surface area (Å²) in [7, 11) is 0. The Morgan fingerprint density at radius 3 is 2.40 bits per heavy atom. The molecule has 25 heavy (non-hydrogen) atoms. The third-order valence-corrected chi connectivity index (χ3v) is 4.32. The van der Waals surface area contributed by atoms with E-state index in [1.54, 1.807) is 0 Å². The smallest absolute Gasteiger partial charge is 0.165 e. The van der Waals surface area contributed by atoms with E-state index >= 15 is 0 Å². The van der Waals surface area contributed by atoms with Crippen LogP contribution in [0.4, 0.5) is 11.5 Å². The fraction of sp³-hybridized carbons (Fsp3) is 0.100. The molecule has 4 aromatic rings. The number of hydrogen-bond donors (Lipinski definition) is 1. The summed E-state index contributed by atoms with van der Waals surface area (Å²) in [6, 6.07) is 19.8. The molecule has 2 aromatic carbocycles. The van der Waals surface area contributed by atoms with E-state index in [-0.39, 0.29) is 0 Å². The van der Waals surface area contributed by atoms with Gasteiger partial charge in [-0.1, -0.05) is 41.9 Å². The second kappa shape index (κ2) is 6.22. The summed E-state index contributed by atoms with van der Waals surface area (Å²) in [5, 5.41) is 8.83. The predicted octanol–water partition coefficient (Wildman–Crippen LogP) is 5.41. The molecule has 0 aliphatic carbocycles.